The quantitative estimate of drug-likeness (QED) is 0.208. The van der Waals surface area contributed by atoms with Gasteiger partial charge >= 0.3 is 0 Å². The van der Waals surface area contributed by atoms with Gasteiger partial charge in [0, 0.05) is 39.3 Å². The van der Waals surface area contributed by atoms with E-state index in [0.717, 1.165) is 5.69 Å². The van der Waals surface area contributed by atoms with Crippen molar-refractivity contribution in [3.8, 4) is 11.4 Å². The average Bonchev–Trinajstić information content (AvgIpc) is 3.55. The fraction of sp³-hybridized carbons (Fsp3) is 0.0270. The third-order valence-electron chi connectivity index (χ3n) is 7.49. The summed E-state index contributed by atoms with van der Waals surface area (Å²) in [4.78, 5) is 0. The lowest BCUT2D eigenvalue weighted by atomic mass is 9.93. The molecular weight excluding hydrogens is 472 g/mol. The number of hydrogen-bond acceptors (Lipinski definition) is 0. The van der Waals surface area contributed by atoms with Gasteiger partial charge in [0.05, 0.1) is 16.6 Å². The van der Waals surface area contributed by atoms with Gasteiger partial charge in [-0.05, 0) is 60.5 Å². The van der Waals surface area contributed by atoms with Crippen LogP contribution in [-0.4, -0.2) is 9.13 Å². The third-order valence-corrected chi connectivity index (χ3v) is 7.49. The number of fused-ring (bicyclic) bond motifs is 4. The van der Waals surface area contributed by atoms with E-state index in [1.165, 1.54) is 55.1 Å². The van der Waals surface area contributed by atoms with Crippen LogP contribution < -0.4 is 0 Å². The van der Waals surface area contributed by atoms with Crippen molar-refractivity contribution in [1.29, 1.82) is 0 Å². The van der Waals surface area contributed by atoms with Crippen LogP contribution in [0.4, 0.5) is 0 Å². The smallest absolute Gasteiger partial charge is 0.0547 e. The lowest BCUT2D eigenvalue weighted by Gasteiger charge is -2.11. The summed E-state index contributed by atoms with van der Waals surface area (Å²) < 4.78 is 4.69. The maximum atomic E-state index is 2.38. The van der Waals surface area contributed by atoms with Crippen LogP contribution in [0.1, 0.15) is 18.1 Å². The van der Waals surface area contributed by atoms with E-state index in [2.05, 4.69) is 168 Å². The van der Waals surface area contributed by atoms with Gasteiger partial charge in [0.25, 0.3) is 0 Å². The standard InChI is InChI=1S/C37H28N2/c1-2-3-19-29(33-26-38(27-15-6-4-7-16-27)34-23-12-10-20-30(33)34)31-22-14-25-36-37(31)32-21-11-13-24-35(32)39(36)28-17-8-5-9-18-28/h2-26H,1H3/b3-2-,29-19-. The molecule has 0 radical (unpaired) electrons. The van der Waals surface area contributed by atoms with Gasteiger partial charge in [0.1, 0.15) is 0 Å². The Morgan fingerprint density at radius 2 is 1.15 bits per heavy atom. The second-order valence-corrected chi connectivity index (χ2v) is 9.76. The fourth-order valence-electron chi connectivity index (χ4n) is 5.81. The summed E-state index contributed by atoms with van der Waals surface area (Å²) in [5.74, 6) is 0. The van der Waals surface area contributed by atoms with E-state index in [1.807, 2.05) is 0 Å². The van der Waals surface area contributed by atoms with Crippen LogP contribution in [-0.2, 0) is 0 Å². The minimum Gasteiger partial charge on any atom is -0.316 e. The molecule has 2 heteroatoms. The van der Waals surface area contributed by atoms with E-state index in [0.29, 0.717) is 0 Å². The van der Waals surface area contributed by atoms with Crippen LogP contribution in [0.3, 0.4) is 0 Å². The van der Waals surface area contributed by atoms with Gasteiger partial charge < -0.3 is 9.13 Å². The van der Waals surface area contributed by atoms with Crippen molar-refractivity contribution in [2.24, 2.45) is 0 Å². The number of benzene rings is 5. The number of nitrogens with zero attached hydrogens (tertiary/aromatic N) is 2. The van der Waals surface area contributed by atoms with Crippen molar-refractivity contribution < 1.29 is 0 Å². The minimum atomic E-state index is 1.16. The Morgan fingerprint density at radius 1 is 0.538 bits per heavy atom. The summed E-state index contributed by atoms with van der Waals surface area (Å²) in [6, 6.07) is 45.4. The molecule has 186 valence electrons. The SMILES string of the molecule is C/C=C\C=C(/c1cn(-c2ccccc2)c2ccccc12)c1cccc2c1c1ccccc1n2-c1ccccc1. The van der Waals surface area contributed by atoms with Gasteiger partial charge in [-0.3, -0.25) is 0 Å². The molecule has 0 aliphatic rings. The first-order valence-electron chi connectivity index (χ1n) is 13.4. The molecule has 39 heavy (non-hydrogen) atoms. The molecule has 7 rings (SSSR count). The minimum absolute atomic E-state index is 1.16. The fourth-order valence-corrected chi connectivity index (χ4v) is 5.81. The zero-order chi connectivity index (χ0) is 26.2. The summed E-state index contributed by atoms with van der Waals surface area (Å²) in [5, 5.41) is 3.76. The molecule has 0 atom stereocenters. The molecule has 0 N–H and O–H groups in total. The van der Waals surface area contributed by atoms with Crippen molar-refractivity contribution in [3.05, 3.63) is 163 Å². The van der Waals surface area contributed by atoms with Gasteiger partial charge in [0.2, 0.25) is 0 Å². The maximum Gasteiger partial charge on any atom is 0.0547 e. The molecule has 0 saturated carbocycles. The monoisotopic (exact) mass is 500 g/mol. The average molecular weight is 501 g/mol. The van der Waals surface area contributed by atoms with Crippen molar-refractivity contribution in [2.45, 2.75) is 6.92 Å². The molecule has 0 aliphatic heterocycles. The van der Waals surface area contributed by atoms with Crippen LogP contribution in [0, 0.1) is 0 Å². The Hall–Kier alpha value is -5.08. The van der Waals surface area contributed by atoms with E-state index in [9.17, 15) is 0 Å². The van der Waals surface area contributed by atoms with Crippen molar-refractivity contribution in [3.63, 3.8) is 0 Å². The second-order valence-electron chi connectivity index (χ2n) is 9.76. The van der Waals surface area contributed by atoms with E-state index >= 15 is 0 Å². The van der Waals surface area contributed by atoms with Crippen molar-refractivity contribution >= 4 is 38.3 Å². The first-order valence-corrected chi connectivity index (χ1v) is 13.4. The highest BCUT2D eigenvalue weighted by Gasteiger charge is 2.20. The van der Waals surface area contributed by atoms with E-state index < -0.39 is 0 Å². The van der Waals surface area contributed by atoms with Gasteiger partial charge in [0.15, 0.2) is 0 Å². The number of para-hydroxylation sites is 4. The highest BCUT2D eigenvalue weighted by Crippen LogP contribution is 2.40. The van der Waals surface area contributed by atoms with E-state index in [4.69, 9.17) is 0 Å². The summed E-state index contributed by atoms with van der Waals surface area (Å²) in [5.41, 5.74) is 9.60. The third kappa shape index (κ3) is 3.81. The Morgan fingerprint density at radius 3 is 1.90 bits per heavy atom. The summed E-state index contributed by atoms with van der Waals surface area (Å²) in [6.07, 6.45) is 8.81. The van der Waals surface area contributed by atoms with Crippen LogP contribution >= 0.6 is 0 Å². The number of aromatic nitrogens is 2. The molecule has 2 heterocycles. The zero-order valence-electron chi connectivity index (χ0n) is 21.8. The van der Waals surface area contributed by atoms with Crippen LogP contribution in [0.25, 0.3) is 49.7 Å². The van der Waals surface area contributed by atoms with Crippen molar-refractivity contribution in [2.75, 3.05) is 0 Å². The van der Waals surface area contributed by atoms with Gasteiger partial charge in [-0.2, -0.15) is 0 Å². The molecule has 0 aliphatic carbocycles. The van der Waals surface area contributed by atoms with Gasteiger partial charge in [-0.1, -0.05) is 103 Å². The molecule has 0 unspecified atom stereocenters. The number of hydrogen-bond donors (Lipinski definition) is 0. The molecule has 0 bridgehead atoms. The summed E-state index contributed by atoms with van der Waals surface area (Å²) >= 11 is 0. The van der Waals surface area contributed by atoms with Crippen LogP contribution in [0.5, 0.6) is 0 Å². The molecule has 2 nitrogen and oxygen atoms in total. The lowest BCUT2D eigenvalue weighted by molar-refractivity contribution is 1.12. The van der Waals surface area contributed by atoms with Crippen LogP contribution in [0.2, 0.25) is 0 Å². The van der Waals surface area contributed by atoms with Gasteiger partial charge in [-0.15, -0.1) is 0 Å². The topological polar surface area (TPSA) is 9.86 Å². The second kappa shape index (κ2) is 9.66. The summed E-state index contributed by atoms with van der Waals surface area (Å²) in [7, 11) is 0. The van der Waals surface area contributed by atoms with Gasteiger partial charge in [-0.25, -0.2) is 0 Å². The van der Waals surface area contributed by atoms with Crippen LogP contribution in [0.15, 0.2) is 152 Å². The predicted molar refractivity (Wildman–Crippen MR) is 166 cm³/mol. The lowest BCUT2D eigenvalue weighted by Crippen LogP contribution is -1.94. The number of allylic oxidation sites excluding steroid dienone is 3. The first kappa shape index (κ1) is 23.1. The molecule has 7 aromatic rings. The van der Waals surface area contributed by atoms with E-state index in [1.54, 1.807) is 0 Å². The zero-order valence-corrected chi connectivity index (χ0v) is 21.8. The molecule has 0 saturated heterocycles. The molecule has 2 aromatic heterocycles. The summed E-state index contributed by atoms with van der Waals surface area (Å²) in [6.45, 7) is 2.07. The van der Waals surface area contributed by atoms with Crippen molar-refractivity contribution in [1.82, 2.24) is 9.13 Å². The highest BCUT2D eigenvalue weighted by atomic mass is 15.0. The Kier molecular flexibility index (Phi) is 5.71. The number of rotatable bonds is 5. The Balaban J connectivity index is 1.56. The predicted octanol–water partition coefficient (Wildman–Crippen LogP) is 9.74. The first-order chi connectivity index (χ1) is 19.3. The normalized spacial score (nSPS) is 12.3. The molecule has 5 aromatic carbocycles. The largest absolute Gasteiger partial charge is 0.316 e. The molecular formula is C37H28N2. The highest BCUT2D eigenvalue weighted by molar-refractivity contribution is 6.16. The molecule has 0 spiro atoms. The maximum absolute atomic E-state index is 2.38. The Labute approximate surface area is 228 Å². The molecule has 0 amide bonds. The Bertz CT molecular complexity index is 2000. The van der Waals surface area contributed by atoms with E-state index in [-0.39, 0.29) is 0 Å². The molecule has 0 fully saturated rings.